The first kappa shape index (κ1) is 6.59. The molecular formula is C7H12NO. The molecule has 1 fully saturated rings. The molecule has 0 bridgehead atoms. The van der Waals surface area contributed by atoms with E-state index in [9.17, 15) is 4.79 Å². The Labute approximate surface area is 55.8 Å². The second-order valence-corrected chi connectivity index (χ2v) is 2.77. The predicted octanol–water partition coefficient (Wildman–Crippen LogP) is 0.785. The van der Waals surface area contributed by atoms with Crippen LogP contribution >= 0.6 is 0 Å². The normalized spacial score (nSPS) is 18.8. The third-order valence-electron chi connectivity index (χ3n) is 1.91. The van der Waals surface area contributed by atoms with Crippen molar-refractivity contribution in [2.45, 2.75) is 19.3 Å². The third-order valence-corrected chi connectivity index (χ3v) is 1.91. The summed E-state index contributed by atoms with van der Waals surface area (Å²) in [6, 6.07) is 0. The van der Waals surface area contributed by atoms with Gasteiger partial charge in [-0.05, 0) is 18.8 Å². The standard InChI is InChI=1S/C7H12NO/c1-8(6-9)5-7-3-2-4-7/h7H,2-5H2,1H3. The number of hydrogen-bond donors (Lipinski definition) is 0. The molecule has 0 N–H and O–H groups in total. The van der Waals surface area contributed by atoms with Crippen LogP contribution in [0.5, 0.6) is 0 Å². The number of nitrogens with zero attached hydrogens (tertiary/aromatic N) is 1. The maximum Gasteiger partial charge on any atom is 0.311 e. The van der Waals surface area contributed by atoms with Crippen LogP contribution in [0.15, 0.2) is 0 Å². The predicted molar refractivity (Wildman–Crippen MR) is 35.7 cm³/mol. The summed E-state index contributed by atoms with van der Waals surface area (Å²) in [6.45, 7) is 0.906. The molecule has 0 aliphatic heterocycles. The Morgan fingerprint density at radius 2 is 2.33 bits per heavy atom. The summed E-state index contributed by atoms with van der Waals surface area (Å²) in [5.74, 6) is 0.774. The van der Waals surface area contributed by atoms with E-state index in [2.05, 4.69) is 0 Å². The molecule has 1 rings (SSSR count). The largest absolute Gasteiger partial charge is 0.337 e. The number of amides is 1. The minimum absolute atomic E-state index is 0.774. The van der Waals surface area contributed by atoms with Crippen LogP contribution < -0.4 is 0 Å². The van der Waals surface area contributed by atoms with Crippen LogP contribution in [0.3, 0.4) is 0 Å². The average molecular weight is 126 g/mol. The number of hydrogen-bond acceptors (Lipinski definition) is 1. The molecule has 2 nitrogen and oxygen atoms in total. The molecule has 51 valence electrons. The van der Waals surface area contributed by atoms with Crippen molar-refractivity contribution < 1.29 is 4.79 Å². The first-order valence-electron chi connectivity index (χ1n) is 3.42. The minimum Gasteiger partial charge on any atom is -0.337 e. The van der Waals surface area contributed by atoms with Crippen molar-refractivity contribution >= 4 is 6.41 Å². The van der Waals surface area contributed by atoms with Crippen LogP contribution in [-0.2, 0) is 4.79 Å². The van der Waals surface area contributed by atoms with Gasteiger partial charge in [-0.25, -0.2) is 0 Å². The second kappa shape index (κ2) is 2.85. The van der Waals surface area contributed by atoms with E-state index >= 15 is 0 Å². The summed E-state index contributed by atoms with van der Waals surface area (Å²) in [6.07, 6.45) is 5.79. The van der Waals surface area contributed by atoms with Crippen LogP contribution in [0.4, 0.5) is 0 Å². The summed E-state index contributed by atoms with van der Waals surface area (Å²) in [5.41, 5.74) is 0. The lowest BCUT2D eigenvalue weighted by molar-refractivity contribution is 0.253. The zero-order valence-corrected chi connectivity index (χ0v) is 5.76. The Morgan fingerprint density at radius 1 is 1.67 bits per heavy atom. The smallest absolute Gasteiger partial charge is 0.311 e. The lowest BCUT2D eigenvalue weighted by Gasteiger charge is -2.27. The van der Waals surface area contributed by atoms with Crippen LogP contribution in [0.25, 0.3) is 0 Å². The molecule has 1 radical (unpaired) electrons. The van der Waals surface area contributed by atoms with Gasteiger partial charge in [0.25, 0.3) is 0 Å². The molecule has 0 spiro atoms. The Hall–Kier alpha value is -0.530. The molecule has 0 unspecified atom stereocenters. The third kappa shape index (κ3) is 1.70. The van der Waals surface area contributed by atoms with E-state index in [1.165, 1.54) is 19.3 Å². The second-order valence-electron chi connectivity index (χ2n) is 2.77. The summed E-state index contributed by atoms with van der Waals surface area (Å²) in [5, 5.41) is 0. The van der Waals surface area contributed by atoms with Crippen LogP contribution in [-0.4, -0.2) is 24.9 Å². The van der Waals surface area contributed by atoms with Crippen molar-refractivity contribution in [3.8, 4) is 0 Å². The van der Waals surface area contributed by atoms with Gasteiger partial charge in [0.15, 0.2) is 0 Å². The molecule has 1 amide bonds. The molecule has 1 aliphatic rings. The monoisotopic (exact) mass is 126 g/mol. The molecular weight excluding hydrogens is 114 g/mol. The first-order chi connectivity index (χ1) is 4.33. The molecule has 1 saturated carbocycles. The van der Waals surface area contributed by atoms with E-state index in [0.29, 0.717) is 0 Å². The molecule has 0 aromatic carbocycles. The molecule has 9 heavy (non-hydrogen) atoms. The van der Waals surface area contributed by atoms with Gasteiger partial charge in [0, 0.05) is 13.6 Å². The van der Waals surface area contributed by atoms with Crippen LogP contribution in [0, 0.1) is 5.92 Å². The number of carbonyl (C=O) groups excluding carboxylic acids is 1. The zero-order valence-electron chi connectivity index (χ0n) is 5.76. The number of rotatable bonds is 3. The molecule has 0 aromatic rings. The fourth-order valence-corrected chi connectivity index (χ4v) is 1.10. The fourth-order valence-electron chi connectivity index (χ4n) is 1.10. The summed E-state index contributed by atoms with van der Waals surface area (Å²) < 4.78 is 0. The van der Waals surface area contributed by atoms with Gasteiger partial charge in [-0.2, -0.15) is 0 Å². The molecule has 1 aliphatic carbocycles. The van der Waals surface area contributed by atoms with Gasteiger partial charge in [-0.15, -0.1) is 0 Å². The van der Waals surface area contributed by atoms with Gasteiger partial charge in [0.05, 0.1) is 0 Å². The lowest BCUT2D eigenvalue weighted by Crippen LogP contribution is -2.28. The summed E-state index contributed by atoms with van der Waals surface area (Å²) >= 11 is 0. The topological polar surface area (TPSA) is 20.3 Å². The molecule has 0 heterocycles. The molecule has 2 heteroatoms. The lowest BCUT2D eigenvalue weighted by atomic mass is 9.85. The average Bonchev–Trinajstić information content (AvgIpc) is 1.78. The SMILES string of the molecule is CN([C]=O)CC1CCC1. The first-order valence-corrected chi connectivity index (χ1v) is 3.42. The van der Waals surface area contributed by atoms with E-state index in [4.69, 9.17) is 0 Å². The zero-order chi connectivity index (χ0) is 6.69. The van der Waals surface area contributed by atoms with Gasteiger partial charge < -0.3 is 4.90 Å². The highest BCUT2D eigenvalue weighted by atomic mass is 16.1. The summed E-state index contributed by atoms with van der Waals surface area (Å²) in [7, 11) is 1.78. The highest BCUT2D eigenvalue weighted by Gasteiger charge is 2.18. The Balaban J connectivity index is 2.08. The van der Waals surface area contributed by atoms with E-state index in [0.717, 1.165) is 12.5 Å². The van der Waals surface area contributed by atoms with Gasteiger partial charge in [-0.1, -0.05) is 6.42 Å². The van der Waals surface area contributed by atoms with Crippen molar-refractivity contribution in [3.05, 3.63) is 0 Å². The van der Waals surface area contributed by atoms with Crippen molar-refractivity contribution in [2.75, 3.05) is 13.6 Å². The van der Waals surface area contributed by atoms with Gasteiger partial charge in [0.2, 0.25) is 0 Å². The Kier molecular flexibility index (Phi) is 2.09. The van der Waals surface area contributed by atoms with Gasteiger partial charge >= 0.3 is 6.41 Å². The van der Waals surface area contributed by atoms with E-state index < -0.39 is 0 Å². The van der Waals surface area contributed by atoms with Crippen molar-refractivity contribution in [1.82, 2.24) is 4.90 Å². The van der Waals surface area contributed by atoms with Crippen molar-refractivity contribution in [2.24, 2.45) is 5.92 Å². The highest BCUT2D eigenvalue weighted by Crippen LogP contribution is 2.26. The molecule has 0 aromatic heterocycles. The summed E-state index contributed by atoms with van der Waals surface area (Å²) in [4.78, 5) is 11.6. The molecule has 0 saturated heterocycles. The Morgan fingerprint density at radius 3 is 2.67 bits per heavy atom. The van der Waals surface area contributed by atoms with E-state index in [1.807, 2.05) is 6.41 Å². The van der Waals surface area contributed by atoms with Crippen molar-refractivity contribution in [1.29, 1.82) is 0 Å². The quantitative estimate of drug-likeness (QED) is 0.512. The van der Waals surface area contributed by atoms with Crippen LogP contribution in [0.1, 0.15) is 19.3 Å². The van der Waals surface area contributed by atoms with Crippen molar-refractivity contribution in [3.63, 3.8) is 0 Å². The Bertz CT molecular complexity index is 99.1. The van der Waals surface area contributed by atoms with Crippen LogP contribution in [0.2, 0.25) is 0 Å². The fraction of sp³-hybridized carbons (Fsp3) is 0.857. The molecule has 0 atom stereocenters. The van der Waals surface area contributed by atoms with Gasteiger partial charge in [-0.3, -0.25) is 4.79 Å². The minimum atomic E-state index is 0.774. The maximum atomic E-state index is 9.98. The maximum absolute atomic E-state index is 9.98. The van der Waals surface area contributed by atoms with Gasteiger partial charge in [0.1, 0.15) is 0 Å². The highest BCUT2D eigenvalue weighted by molar-refractivity contribution is 5.47. The van der Waals surface area contributed by atoms with E-state index in [-0.39, 0.29) is 0 Å². The van der Waals surface area contributed by atoms with E-state index in [1.54, 1.807) is 11.9 Å².